The van der Waals surface area contributed by atoms with Gasteiger partial charge in [0, 0.05) is 11.5 Å². The van der Waals surface area contributed by atoms with E-state index < -0.39 is 10.8 Å². The fraction of sp³-hybridized carbons (Fsp3) is 0.364. The smallest absolute Gasteiger partial charge is 0.314 e. The van der Waals surface area contributed by atoms with Crippen LogP contribution >= 0.6 is 0 Å². The predicted molar refractivity (Wildman–Crippen MR) is 58.7 cm³/mol. The van der Waals surface area contributed by atoms with Crippen LogP contribution in [0.25, 0.3) is 0 Å². The molecule has 0 bridgehead atoms. The summed E-state index contributed by atoms with van der Waals surface area (Å²) in [6, 6.07) is 4.75. The molecule has 16 heavy (non-hydrogen) atoms. The zero-order valence-electron chi connectivity index (χ0n) is 9.17. The monoisotopic (exact) mass is 223 g/mol. The van der Waals surface area contributed by atoms with Crippen molar-refractivity contribution in [1.29, 1.82) is 0 Å². The van der Waals surface area contributed by atoms with Gasteiger partial charge < -0.3 is 9.53 Å². The first-order valence-corrected chi connectivity index (χ1v) is 4.97. The van der Waals surface area contributed by atoms with E-state index in [4.69, 9.17) is 4.74 Å². The summed E-state index contributed by atoms with van der Waals surface area (Å²) in [6.45, 7) is 3.71. The van der Waals surface area contributed by atoms with Crippen molar-refractivity contribution in [3.8, 4) is 5.75 Å². The van der Waals surface area contributed by atoms with E-state index in [2.05, 4.69) is 0 Å². The minimum Gasteiger partial charge on any atom is -0.487 e. The maximum atomic E-state index is 10.9. The molecule has 0 amide bonds. The lowest BCUT2D eigenvalue weighted by atomic mass is 10.0. The summed E-state index contributed by atoms with van der Waals surface area (Å²) in [7, 11) is 0. The zero-order valence-corrected chi connectivity index (χ0v) is 9.17. The molecular weight excluding hydrogens is 210 g/mol. The number of ether oxygens (including phenoxy) is 1. The third-order valence-corrected chi connectivity index (χ3v) is 2.21. The molecule has 0 saturated heterocycles. The minimum atomic E-state index is -0.514. The van der Waals surface area contributed by atoms with Crippen LogP contribution in [-0.4, -0.2) is 17.8 Å². The lowest BCUT2D eigenvalue weighted by Crippen LogP contribution is -2.04. The van der Waals surface area contributed by atoms with Gasteiger partial charge in [-0.3, -0.25) is 10.1 Å². The molecule has 0 saturated carbocycles. The van der Waals surface area contributed by atoms with Crippen LogP contribution in [0, 0.1) is 10.1 Å². The SMILES string of the molecule is CCOc1cccc(C(C)C=O)c1[N+](=O)[O-]. The number of carbonyl (C=O) groups excluding carboxylic acids is 1. The Balaban J connectivity index is 3.31. The number of rotatable bonds is 5. The number of para-hydroxylation sites is 1. The van der Waals surface area contributed by atoms with Crippen LogP contribution in [0.5, 0.6) is 5.75 Å². The Kier molecular flexibility index (Phi) is 3.99. The van der Waals surface area contributed by atoms with Gasteiger partial charge in [-0.2, -0.15) is 0 Å². The number of benzene rings is 1. The standard InChI is InChI=1S/C11H13NO4/c1-3-16-10-6-4-5-9(8(2)7-13)11(10)12(14)15/h4-8H,3H2,1-2H3. The molecule has 0 aliphatic carbocycles. The molecule has 0 fully saturated rings. The van der Waals surface area contributed by atoms with Crippen molar-refractivity contribution in [3.05, 3.63) is 33.9 Å². The van der Waals surface area contributed by atoms with Gasteiger partial charge in [0.25, 0.3) is 0 Å². The Hall–Kier alpha value is -1.91. The summed E-state index contributed by atoms with van der Waals surface area (Å²) in [5.41, 5.74) is 0.259. The summed E-state index contributed by atoms with van der Waals surface area (Å²) in [5, 5.41) is 10.9. The number of hydrogen-bond donors (Lipinski definition) is 0. The lowest BCUT2D eigenvalue weighted by molar-refractivity contribution is -0.386. The van der Waals surface area contributed by atoms with E-state index in [9.17, 15) is 14.9 Å². The molecule has 0 aliphatic heterocycles. The summed E-state index contributed by atoms with van der Waals surface area (Å²) in [5.74, 6) is -0.306. The highest BCUT2D eigenvalue weighted by atomic mass is 16.6. The van der Waals surface area contributed by atoms with Crippen LogP contribution in [0.4, 0.5) is 5.69 Å². The van der Waals surface area contributed by atoms with E-state index in [1.54, 1.807) is 26.0 Å². The molecule has 5 heteroatoms. The molecule has 0 aromatic heterocycles. The van der Waals surface area contributed by atoms with Gasteiger partial charge >= 0.3 is 5.69 Å². The van der Waals surface area contributed by atoms with Crippen LogP contribution in [-0.2, 0) is 4.79 Å². The second-order valence-corrected chi connectivity index (χ2v) is 3.31. The molecular formula is C11H13NO4. The molecule has 1 aromatic rings. The maximum absolute atomic E-state index is 10.9. The fourth-order valence-corrected chi connectivity index (χ4v) is 1.45. The van der Waals surface area contributed by atoms with Crippen molar-refractivity contribution in [2.45, 2.75) is 19.8 Å². The van der Waals surface area contributed by atoms with Crippen LogP contribution in [0.1, 0.15) is 25.3 Å². The van der Waals surface area contributed by atoms with Gasteiger partial charge in [0.15, 0.2) is 5.75 Å². The van der Waals surface area contributed by atoms with Crippen molar-refractivity contribution >= 4 is 12.0 Å². The molecule has 1 atom stereocenters. The van der Waals surface area contributed by atoms with Crippen molar-refractivity contribution in [3.63, 3.8) is 0 Å². The fourth-order valence-electron chi connectivity index (χ4n) is 1.45. The maximum Gasteiger partial charge on any atom is 0.314 e. The van der Waals surface area contributed by atoms with Crippen molar-refractivity contribution in [2.24, 2.45) is 0 Å². The topological polar surface area (TPSA) is 69.4 Å². The molecule has 0 N–H and O–H groups in total. The highest BCUT2D eigenvalue weighted by Crippen LogP contribution is 2.34. The van der Waals surface area contributed by atoms with E-state index >= 15 is 0 Å². The summed E-state index contributed by atoms with van der Waals surface area (Å²) in [6.07, 6.45) is 0.679. The van der Waals surface area contributed by atoms with E-state index in [0.29, 0.717) is 18.5 Å². The van der Waals surface area contributed by atoms with E-state index in [-0.39, 0.29) is 11.4 Å². The van der Waals surface area contributed by atoms with Crippen molar-refractivity contribution < 1.29 is 14.5 Å². The number of nitro benzene ring substituents is 1. The van der Waals surface area contributed by atoms with Crippen LogP contribution < -0.4 is 4.74 Å². The van der Waals surface area contributed by atoms with Gasteiger partial charge in [-0.1, -0.05) is 19.1 Å². The lowest BCUT2D eigenvalue weighted by Gasteiger charge is -2.09. The first kappa shape index (κ1) is 12.2. The first-order chi connectivity index (χ1) is 7.61. The number of nitro groups is 1. The number of aldehydes is 1. The zero-order chi connectivity index (χ0) is 12.1. The molecule has 0 heterocycles. The molecule has 86 valence electrons. The van der Waals surface area contributed by atoms with Crippen LogP contribution in [0.3, 0.4) is 0 Å². The second-order valence-electron chi connectivity index (χ2n) is 3.31. The number of carbonyl (C=O) groups is 1. The highest BCUT2D eigenvalue weighted by Gasteiger charge is 2.23. The number of hydrogen-bond acceptors (Lipinski definition) is 4. The van der Waals surface area contributed by atoms with E-state index in [1.807, 2.05) is 0 Å². The predicted octanol–water partition coefficient (Wildman–Crippen LogP) is 2.30. The van der Waals surface area contributed by atoms with E-state index in [1.165, 1.54) is 6.07 Å². The van der Waals surface area contributed by atoms with Gasteiger partial charge in [0.2, 0.25) is 0 Å². The molecule has 0 radical (unpaired) electrons. The molecule has 1 aromatic carbocycles. The average Bonchev–Trinajstić information content (AvgIpc) is 2.27. The molecule has 0 aliphatic rings. The van der Waals surface area contributed by atoms with Gasteiger partial charge in [-0.25, -0.2) is 0 Å². The second kappa shape index (κ2) is 5.25. The van der Waals surface area contributed by atoms with Gasteiger partial charge in [-0.05, 0) is 13.0 Å². The summed E-state index contributed by atoms with van der Waals surface area (Å²) in [4.78, 5) is 21.1. The third-order valence-electron chi connectivity index (χ3n) is 2.21. The van der Waals surface area contributed by atoms with Gasteiger partial charge in [0.05, 0.1) is 11.5 Å². The largest absolute Gasteiger partial charge is 0.487 e. The Morgan fingerprint density at radius 3 is 2.75 bits per heavy atom. The molecule has 1 rings (SSSR count). The van der Waals surface area contributed by atoms with Crippen molar-refractivity contribution in [2.75, 3.05) is 6.61 Å². The van der Waals surface area contributed by atoms with Gasteiger partial charge in [0.1, 0.15) is 6.29 Å². The Labute approximate surface area is 93.2 Å². The van der Waals surface area contributed by atoms with Crippen molar-refractivity contribution in [1.82, 2.24) is 0 Å². The highest BCUT2D eigenvalue weighted by molar-refractivity contribution is 5.67. The first-order valence-electron chi connectivity index (χ1n) is 4.97. The summed E-state index contributed by atoms with van der Waals surface area (Å²) < 4.78 is 5.18. The molecule has 1 unspecified atom stereocenters. The molecule has 5 nitrogen and oxygen atoms in total. The molecule has 0 spiro atoms. The Bertz CT molecular complexity index is 403. The van der Waals surface area contributed by atoms with Crippen LogP contribution in [0.2, 0.25) is 0 Å². The number of nitrogens with zero attached hydrogens (tertiary/aromatic N) is 1. The summed E-state index contributed by atoms with van der Waals surface area (Å²) >= 11 is 0. The Morgan fingerprint density at radius 1 is 1.56 bits per heavy atom. The van der Waals surface area contributed by atoms with Crippen LogP contribution in [0.15, 0.2) is 18.2 Å². The van der Waals surface area contributed by atoms with Gasteiger partial charge in [-0.15, -0.1) is 0 Å². The minimum absolute atomic E-state index is 0.121. The normalized spacial score (nSPS) is 11.9. The average molecular weight is 223 g/mol. The quantitative estimate of drug-likeness (QED) is 0.436. The Morgan fingerprint density at radius 2 is 2.25 bits per heavy atom. The third kappa shape index (κ3) is 2.36. The van der Waals surface area contributed by atoms with E-state index in [0.717, 1.165) is 0 Å².